The van der Waals surface area contributed by atoms with E-state index in [-0.39, 0.29) is 18.0 Å². The molecule has 2 fully saturated rings. The van der Waals surface area contributed by atoms with E-state index in [2.05, 4.69) is 22.1 Å². The first-order valence-corrected chi connectivity index (χ1v) is 8.42. The van der Waals surface area contributed by atoms with Gasteiger partial charge in [0, 0.05) is 25.2 Å². The van der Waals surface area contributed by atoms with Crippen LogP contribution in [0.25, 0.3) is 0 Å². The Bertz CT molecular complexity index is 531. The Labute approximate surface area is 128 Å². The Kier molecular flexibility index (Phi) is 4.03. The molecular weight excluding hydrogens is 286 g/mol. The molecule has 1 aliphatic heterocycles. The highest BCUT2D eigenvalue weighted by Gasteiger charge is 2.27. The lowest BCUT2D eigenvalue weighted by Crippen LogP contribution is -2.32. The number of nitrogen functional groups attached to an aromatic ring is 1. The average Bonchev–Trinajstić information content (AvgIpc) is 3.11. The van der Waals surface area contributed by atoms with Crippen LogP contribution in [0.1, 0.15) is 42.3 Å². The van der Waals surface area contributed by atoms with Crippen LogP contribution in [0.4, 0.5) is 10.9 Å². The molecular formula is C14H23N5OS. The molecule has 0 bridgehead atoms. The monoisotopic (exact) mass is 309 g/mol. The van der Waals surface area contributed by atoms with Crippen LogP contribution < -0.4 is 21.7 Å². The molecule has 5 N–H and O–H groups in total. The number of hydrogen-bond donors (Lipinski definition) is 3. The van der Waals surface area contributed by atoms with Crippen molar-refractivity contribution in [2.24, 2.45) is 11.7 Å². The maximum Gasteiger partial charge on any atom is 0.265 e. The van der Waals surface area contributed by atoms with Crippen molar-refractivity contribution in [1.82, 2.24) is 10.3 Å². The number of amides is 1. The molecule has 2 heterocycles. The van der Waals surface area contributed by atoms with Crippen LogP contribution >= 0.6 is 11.3 Å². The second-order valence-corrected chi connectivity index (χ2v) is 7.27. The van der Waals surface area contributed by atoms with Gasteiger partial charge in [0.2, 0.25) is 0 Å². The first-order valence-electron chi connectivity index (χ1n) is 7.60. The van der Waals surface area contributed by atoms with Gasteiger partial charge in [0.25, 0.3) is 5.91 Å². The van der Waals surface area contributed by atoms with Crippen molar-refractivity contribution in [3.8, 4) is 0 Å². The van der Waals surface area contributed by atoms with Crippen LogP contribution in [0.2, 0.25) is 0 Å². The molecule has 0 aromatic carbocycles. The minimum Gasteiger partial charge on any atom is -0.382 e. The highest BCUT2D eigenvalue weighted by molar-refractivity contribution is 7.18. The molecule has 1 aliphatic carbocycles. The van der Waals surface area contributed by atoms with Crippen molar-refractivity contribution in [3.63, 3.8) is 0 Å². The first kappa shape index (κ1) is 14.6. The van der Waals surface area contributed by atoms with Gasteiger partial charge in [-0.15, -0.1) is 0 Å². The predicted octanol–water partition coefficient (Wildman–Crippen LogP) is 1.18. The number of carbonyl (C=O) groups is 1. The smallest absolute Gasteiger partial charge is 0.265 e. The predicted molar refractivity (Wildman–Crippen MR) is 85.6 cm³/mol. The third-order valence-electron chi connectivity index (χ3n) is 4.37. The second-order valence-electron chi connectivity index (χ2n) is 6.29. The number of rotatable bonds is 3. The third-order valence-corrected chi connectivity index (χ3v) is 5.50. The van der Waals surface area contributed by atoms with Crippen molar-refractivity contribution >= 4 is 28.2 Å². The Hall–Kier alpha value is -1.34. The lowest BCUT2D eigenvalue weighted by Gasteiger charge is -2.13. The standard InChI is InChI=1S/C14H23N5OS/c1-8-2-3-10(6-8)17-13(20)11-12(16)18-14(21-11)19-5-4-9(15)7-19/h8-10H,2-7,15-16H2,1H3,(H,17,20). The molecule has 21 heavy (non-hydrogen) atoms. The number of nitrogens with one attached hydrogen (secondary N) is 1. The summed E-state index contributed by atoms with van der Waals surface area (Å²) in [6.07, 6.45) is 4.25. The molecule has 0 radical (unpaired) electrons. The van der Waals surface area contributed by atoms with E-state index in [1.54, 1.807) is 0 Å². The number of nitrogens with zero attached hydrogens (tertiary/aromatic N) is 2. The Morgan fingerprint density at radius 2 is 2.24 bits per heavy atom. The molecule has 3 rings (SSSR count). The summed E-state index contributed by atoms with van der Waals surface area (Å²) >= 11 is 1.37. The van der Waals surface area contributed by atoms with E-state index >= 15 is 0 Å². The van der Waals surface area contributed by atoms with Crippen molar-refractivity contribution < 1.29 is 4.79 Å². The number of anilines is 2. The fraction of sp³-hybridized carbons (Fsp3) is 0.714. The lowest BCUT2D eigenvalue weighted by molar-refractivity contribution is 0.0942. The topological polar surface area (TPSA) is 97.3 Å². The van der Waals surface area contributed by atoms with Crippen molar-refractivity contribution in [2.45, 2.75) is 44.7 Å². The van der Waals surface area contributed by atoms with Crippen LogP contribution in [-0.2, 0) is 0 Å². The molecule has 3 atom stereocenters. The minimum atomic E-state index is -0.0844. The molecule has 6 nitrogen and oxygen atoms in total. The molecule has 0 spiro atoms. The van der Waals surface area contributed by atoms with Gasteiger partial charge >= 0.3 is 0 Å². The van der Waals surface area contributed by atoms with E-state index in [1.807, 2.05) is 0 Å². The van der Waals surface area contributed by atoms with E-state index in [0.29, 0.717) is 16.6 Å². The quantitative estimate of drug-likeness (QED) is 0.779. The summed E-state index contributed by atoms with van der Waals surface area (Å²) in [7, 11) is 0. The first-order chi connectivity index (χ1) is 10.0. The third kappa shape index (κ3) is 3.13. The molecule has 7 heteroatoms. The SMILES string of the molecule is CC1CCC(NC(=O)c2sc(N3CCC(N)C3)nc2N)C1. The maximum absolute atomic E-state index is 12.4. The Balaban J connectivity index is 1.67. The number of aromatic nitrogens is 1. The summed E-state index contributed by atoms with van der Waals surface area (Å²) in [5.74, 6) is 0.939. The highest BCUT2D eigenvalue weighted by atomic mass is 32.1. The molecule has 1 saturated heterocycles. The van der Waals surface area contributed by atoms with Gasteiger partial charge in [-0.3, -0.25) is 4.79 Å². The van der Waals surface area contributed by atoms with Gasteiger partial charge in [0.05, 0.1) is 0 Å². The van der Waals surface area contributed by atoms with Crippen LogP contribution in [-0.4, -0.2) is 36.1 Å². The van der Waals surface area contributed by atoms with Crippen LogP contribution in [0.5, 0.6) is 0 Å². The summed E-state index contributed by atoms with van der Waals surface area (Å²) in [6.45, 7) is 3.89. The number of nitrogens with two attached hydrogens (primary N) is 2. The van der Waals surface area contributed by atoms with E-state index in [4.69, 9.17) is 11.5 Å². The number of thiazole rings is 1. The van der Waals surface area contributed by atoms with E-state index in [1.165, 1.54) is 17.8 Å². The molecule has 1 aromatic rings. The fourth-order valence-electron chi connectivity index (χ4n) is 3.17. The summed E-state index contributed by atoms with van der Waals surface area (Å²) < 4.78 is 0. The molecule has 2 aliphatic rings. The van der Waals surface area contributed by atoms with Crippen LogP contribution in [0, 0.1) is 5.92 Å². The number of carbonyl (C=O) groups excluding carboxylic acids is 1. The zero-order valence-corrected chi connectivity index (χ0v) is 13.2. The van der Waals surface area contributed by atoms with E-state index < -0.39 is 0 Å². The summed E-state index contributed by atoms with van der Waals surface area (Å²) in [5, 5.41) is 3.90. The normalized spacial score (nSPS) is 29.0. The van der Waals surface area contributed by atoms with Gasteiger partial charge in [-0.2, -0.15) is 0 Å². The van der Waals surface area contributed by atoms with Gasteiger partial charge in [-0.1, -0.05) is 18.3 Å². The van der Waals surface area contributed by atoms with E-state index in [0.717, 1.165) is 37.5 Å². The van der Waals surface area contributed by atoms with Gasteiger partial charge in [0.15, 0.2) is 5.13 Å². The van der Waals surface area contributed by atoms with Crippen molar-refractivity contribution in [3.05, 3.63) is 4.88 Å². The lowest BCUT2D eigenvalue weighted by atomic mass is 10.1. The molecule has 1 aromatic heterocycles. The summed E-state index contributed by atoms with van der Waals surface area (Å²) in [4.78, 5) is 19.3. The zero-order chi connectivity index (χ0) is 15.0. The Morgan fingerprint density at radius 3 is 2.86 bits per heavy atom. The van der Waals surface area contributed by atoms with Gasteiger partial charge in [-0.05, 0) is 31.6 Å². The molecule has 1 amide bonds. The Morgan fingerprint density at radius 1 is 1.43 bits per heavy atom. The molecule has 3 unspecified atom stereocenters. The summed E-state index contributed by atoms with van der Waals surface area (Å²) in [5.41, 5.74) is 11.8. The largest absolute Gasteiger partial charge is 0.382 e. The second kappa shape index (κ2) is 5.81. The molecule has 1 saturated carbocycles. The summed E-state index contributed by atoms with van der Waals surface area (Å²) in [6, 6.07) is 0.463. The van der Waals surface area contributed by atoms with Crippen molar-refractivity contribution in [1.29, 1.82) is 0 Å². The average molecular weight is 309 g/mol. The van der Waals surface area contributed by atoms with Gasteiger partial charge in [-0.25, -0.2) is 4.98 Å². The van der Waals surface area contributed by atoms with Gasteiger partial charge in [0.1, 0.15) is 10.7 Å². The highest BCUT2D eigenvalue weighted by Crippen LogP contribution is 2.31. The number of hydrogen-bond acceptors (Lipinski definition) is 6. The van der Waals surface area contributed by atoms with Gasteiger partial charge < -0.3 is 21.7 Å². The molecule has 116 valence electrons. The maximum atomic E-state index is 12.4. The zero-order valence-electron chi connectivity index (χ0n) is 12.3. The van der Waals surface area contributed by atoms with E-state index in [9.17, 15) is 4.79 Å². The minimum absolute atomic E-state index is 0.0844. The van der Waals surface area contributed by atoms with Crippen LogP contribution in [0.15, 0.2) is 0 Å². The van der Waals surface area contributed by atoms with Crippen LogP contribution in [0.3, 0.4) is 0 Å². The van der Waals surface area contributed by atoms with Crippen molar-refractivity contribution in [2.75, 3.05) is 23.7 Å². The fourth-order valence-corrected chi connectivity index (χ4v) is 4.09.